The number of ether oxygens (including phenoxy) is 1. The minimum atomic E-state index is -0.718. The van der Waals surface area contributed by atoms with Crippen LogP contribution in [0, 0.1) is 13.8 Å². The Labute approximate surface area is 133 Å². The van der Waals surface area contributed by atoms with Crippen LogP contribution in [0.25, 0.3) is 0 Å². The van der Waals surface area contributed by atoms with Crippen molar-refractivity contribution in [2.45, 2.75) is 46.3 Å². The van der Waals surface area contributed by atoms with E-state index in [0.29, 0.717) is 13.2 Å². The fraction of sp³-hybridized carbons (Fsp3) is 0.588. The van der Waals surface area contributed by atoms with Gasteiger partial charge >= 0.3 is 6.03 Å². The van der Waals surface area contributed by atoms with Gasteiger partial charge in [-0.2, -0.15) is 0 Å². The van der Waals surface area contributed by atoms with Gasteiger partial charge in [-0.15, -0.1) is 0 Å². The molecule has 0 bridgehead atoms. The lowest BCUT2D eigenvalue weighted by molar-refractivity contribution is -0.00693. The molecule has 0 heterocycles. The average Bonchev–Trinajstić information content (AvgIpc) is 2.41. The van der Waals surface area contributed by atoms with Crippen LogP contribution in [-0.4, -0.2) is 36.4 Å². The molecule has 0 aliphatic rings. The van der Waals surface area contributed by atoms with Crippen molar-refractivity contribution in [1.82, 2.24) is 10.6 Å². The molecule has 5 heteroatoms. The molecule has 1 aromatic rings. The quantitative estimate of drug-likeness (QED) is 0.724. The molecule has 0 spiro atoms. The van der Waals surface area contributed by atoms with Gasteiger partial charge in [0.1, 0.15) is 0 Å². The zero-order chi connectivity index (χ0) is 16.8. The Balaban J connectivity index is 2.43. The number of hydrogen-bond acceptors (Lipinski definition) is 3. The van der Waals surface area contributed by atoms with Gasteiger partial charge in [-0.1, -0.05) is 29.3 Å². The topological polar surface area (TPSA) is 70.6 Å². The van der Waals surface area contributed by atoms with Crippen molar-refractivity contribution in [1.29, 1.82) is 0 Å². The molecule has 1 rings (SSSR count). The van der Waals surface area contributed by atoms with Gasteiger partial charge < -0.3 is 20.5 Å². The maximum atomic E-state index is 11.8. The third-order valence-corrected chi connectivity index (χ3v) is 3.29. The SMILES string of the molecule is CCOC(C)(C)CNC(=O)NCC(O)c1cc(C)cc(C)c1. The van der Waals surface area contributed by atoms with Gasteiger partial charge in [-0.05, 0) is 40.2 Å². The van der Waals surface area contributed by atoms with Gasteiger partial charge in [0.15, 0.2) is 0 Å². The Hall–Kier alpha value is -1.59. The highest BCUT2D eigenvalue weighted by Gasteiger charge is 2.18. The highest BCUT2D eigenvalue weighted by molar-refractivity contribution is 5.73. The van der Waals surface area contributed by atoms with Crippen LogP contribution in [0.15, 0.2) is 18.2 Å². The highest BCUT2D eigenvalue weighted by Crippen LogP contribution is 2.16. The molecule has 0 fully saturated rings. The van der Waals surface area contributed by atoms with Crippen molar-refractivity contribution >= 4 is 6.03 Å². The summed E-state index contributed by atoms with van der Waals surface area (Å²) in [6.45, 7) is 10.9. The summed E-state index contributed by atoms with van der Waals surface area (Å²) in [7, 11) is 0. The number of benzene rings is 1. The number of aliphatic hydroxyl groups is 1. The molecule has 3 N–H and O–H groups in total. The zero-order valence-electron chi connectivity index (χ0n) is 14.2. The largest absolute Gasteiger partial charge is 0.387 e. The smallest absolute Gasteiger partial charge is 0.314 e. The number of aryl methyl sites for hydroxylation is 2. The number of carbonyl (C=O) groups is 1. The van der Waals surface area contributed by atoms with Crippen molar-refractivity contribution < 1.29 is 14.6 Å². The van der Waals surface area contributed by atoms with E-state index in [9.17, 15) is 9.90 Å². The molecule has 2 amide bonds. The average molecular weight is 308 g/mol. The number of amides is 2. The van der Waals surface area contributed by atoms with E-state index in [1.807, 2.05) is 52.8 Å². The van der Waals surface area contributed by atoms with Crippen molar-refractivity contribution in [3.8, 4) is 0 Å². The molecule has 0 aromatic heterocycles. The summed E-state index contributed by atoms with van der Waals surface area (Å²) in [5, 5.41) is 15.6. The minimum Gasteiger partial charge on any atom is -0.387 e. The zero-order valence-corrected chi connectivity index (χ0v) is 14.2. The molecule has 5 nitrogen and oxygen atoms in total. The van der Waals surface area contributed by atoms with Crippen LogP contribution in [0.3, 0.4) is 0 Å². The number of hydrogen-bond donors (Lipinski definition) is 3. The predicted octanol–water partition coefficient (Wildman–Crippen LogP) is 2.45. The molecule has 22 heavy (non-hydrogen) atoms. The van der Waals surface area contributed by atoms with Gasteiger partial charge in [0, 0.05) is 19.7 Å². The second-order valence-electron chi connectivity index (χ2n) is 6.19. The number of aliphatic hydroxyl groups excluding tert-OH is 1. The van der Waals surface area contributed by atoms with Crippen LogP contribution in [-0.2, 0) is 4.74 Å². The summed E-state index contributed by atoms with van der Waals surface area (Å²) in [5.41, 5.74) is 2.60. The molecule has 0 radical (unpaired) electrons. The summed E-state index contributed by atoms with van der Waals surface area (Å²) in [4.78, 5) is 11.8. The summed E-state index contributed by atoms with van der Waals surface area (Å²) in [6, 6.07) is 5.59. The second-order valence-corrected chi connectivity index (χ2v) is 6.19. The van der Waals surface area contributed by atoms with E-state index in [2.05, 4.69) is 10.6 Å². The van der Waals surface area contributed by atoms with E-state index in [4.69, 9.17) is 4.74 Å². The van der Waals surface area contributed by atoms with Crippen LogP contribution in [0.5, 0.6) is 0 Å². The highest BCUT2D eigenvalue weighted by atomic mass is 16.5. The molecule has 0 aliphatic heterocycles. The van der Waals surface area contributed by atoms with Crippen LogP contribution < -0.4 is 10.6 Å². The molecular weight excluding hydrogens is 280 g/mol. The molecular formula is C17H28N2O3. The second kappa shape index (κ2) is 8.15. The van der Waals surface area contributed by atoms with Gasteiger partial charge in [0.2, 0.25) is 0 Å². The van der Waals surface area contributed by atoms with E-state index < -0.39 is 11.7 Å². The Morgan fingerprint density at radius 3 is 2.36 bits per heavy atom. The summed E-state index contributed by atoms with van der Waals surface area (Å²) >= 11 is 0. The Kier molecular flexibility index (Phi) is 6.84. The maximum Gasteiger partial charge on any atom is 0.314 e. The van der Waals surface area contributed by atoms with Crippen molar-refractivity contribution in [3.63, 3.8) is 0 Å². The fourth-order valence-electron chi connectivity index (χ4n) is 2.31. The molecule has 0 saturated carbocycles. The maximum absolute atomic E-state index is 11.8. The molecule has 0 aliphatic carbocycles. The van der Waals surface area contributed by atoms with Crippen LogP contribution in [0.2, 0.25) is 0 Å². The van der Waals surface area contributed by atoms with Crippen LogP contribution in [0.4, 0.5) is 4.79 Å². The van der Waals surface area contributed by atoms with Crippen molar-refractivity contribution in [2.75, 3.05) is 19.7 Å². The predicted molar refractivity (Wildman–Crippen MR) is 88.0 cm³/mol. The van der Waals surface area contributed by atoms with Crippen molar-refractivity contribution in [3.05, 3.63) is 34.9 Å². The van der Waals surface area contributed by atoms with E-state index in [1.54, 1.807) is 0 Å². The van der Waals surface area contributed by atoms with Crippen LogP contribution >= 0.6 is 0 Å². The first-order valence-corrected chi connectivity index (χ1v) is 7.65. The summed E-state index contributed by atoms with van der Waals surface area (Å²) in [6.07, 6.45) is -0.718. The lowest BCUT2D eigenvalue weighted by Gasteiger charge is -2.25. The first kappa shape index (κ1) is 18.5. The van der Waals surface area contributed by atoms with Gasteiger partial charge in [0.05, 0.1) is 11.7 Å². The first-order chi connectivity index (χ1) is 10.2. The Bertz CT molecular complexity index is 480. The molecule has 124 valence electrons. The van der Waals surface area contributed by atoms with Crippen LogP contribution in [0.1, 0.15) is 43.6 Å². The van der Waals surface area contributed by atoms with E-state index in [0.717, 1.165) is 16.7 Å². The number of urea groups is 1. The molecule has 1 unspecified atom stereocenters. The van der Waals surface area contributed by atoms with Crippen molar-refractivity contribution in [2.24, 2.45) is 0 Å². The minimum absolute atomic E-state index is 0.170. The number of rotatable bonds is 7. The lowest BCUT2D eigenvalue weighted by atomic mass is 10.0. The van der Waals surface area contributed by atoms with E-state index >= 15 is 0 Å². The number of carbonyl (C=O) groups excluding carboxylic acids is 1. The standard InChI is InChI=1S/C17H28N2O3/c1-6-22-17(4,5)11-19-16(21)18-10-15(20)14-8-12(2)7-13(3)9-14/h7-9,15,20H,6,10-11H2,1-5H3,(H2,18,19,21). The number of nitrogens with one attached hydrogen (secondary N) is 2. The third kappa shape index (κ3) is 6.45. The van der Waals surface area contributed by atoms with E-state index in [1.165, 1.54) is 0 Å². The van der Waals surface area contributed by atoms with Gasteiger partial charge in [-0.3, -0.25) is 0 Å². The van der Waals surface area contributed by atoms with Gasteiger partial charge in [0.25, 0.3) is 0 Å². The first-order valence-electron chi connectivity index (χ1n) is 7.65. The normalized spacial score (nSPS) is 12.8. The molecule has 1 aromatic carbocycles. The summed E-state index contributed by atoms with van der Waals surface area (Å²) in [5.74, 6) is 0. The Morgan fingerprint density at radius 2 is 1.82 bits per heavy atom. The Morgan fingerprint density at radius 1 is 1.23 bits per heavy atom. The summed E-state index contributed by atoms with van der Waals surface area (Å²) < 4.78 is 5.51. The molecule has 0 saturated heterocycles. The van der Waals surface area contributed by atoms with Gasteiger partial charge in [-0.25, -0.2) is 4.79 Å². The third-order valence-electron chi connectivity index (χ3n) is 3.29. The lowest BCUT2D eigenvalue weighted by Crippen LogP contribution is -2.45. The molecule has 1 atom stereocenters. The monoisotopic (exact) mass is 308 g/mol. The fourth-order valence-corrected chi connectivity index (χ4v) is 2.31. The van der Waals surface area contributed by atoms with E-state index in [-0.39, 0.29) is 12.6 Å².